The Bertz CT molecular complexity index is 2830. The van der Waals surface area contributed by atoms with Crippen LogP contribution < -0.4 is 0 Å². The minimum atomic E-state index is 0.728. The fraction of sp³-hybridized carbons (Fsp3) is 0.0426. The summed E-state index contributed by atoms with van der Waals surface area (Å²) in [6, 6.07) is 53.5. The van der Waals surface area contributed by atoms with Gasteiger partial charge in [0.2, 0.25) is 0 Å². The minimum absolute atomic E-state index is 0.728. The first-order valence-electron chi connectivity index (χ1n) is 17.5. The third-order valence-corrected chi connectivity index (χ3v) is 10.0. The molecule has 0 unspecified atom stereocenters. The molecule has 0 fully saturated rings. The lowest BCUT2D eigenvalue weighted by Gasteiger charge is -2.14. The molecule has 0 aliphatic heterocycles. The largest absolute Gasteiger partial charge is 0.308 e. The Morgan fingerprint density at radius 3 is 2.02 bits per heavy atom. The average molecular weight is 653 g/mol. The van der Waals surface area contributed by atoms with Gasteiger partial charge < -0.3 is 4.57 Å². The molecule has 1 aliphatic carbocycles. The molecule has 10 rings (SSSR count). The van der Waals surface area contributed by atoms with Gasteiger partial charge in [-0.15, -0.1) is 0 Å². The molecule has 4 nitrogen and oxygen atoms in total. The molecule has 3 aromatic heterocycles. The molecule has 9 aromatic rings. The summed E-state index contributed by atoms with van der Waals surface area (Å²) in [6.07, 6.45) is 8.76. The number of hydrogen-bond donors (Lipinski definition) is 0. The van der Waals surface area contributed by atoms with Gasteiger partial charge in [-0.05, 0) is 59.5 Å². The number of rotatable bonds is 5. The fourth-order valence-electron chi connectivity index (χ4n) is 7.61. The molecule has 1 aliphatic rings. The monoisotopic (exact) mass is 652 g/mol. The van der Waals surface area contributed by atoms with E-state index in [2.05, 4.69) is 156 Å². The summed E-state index contributed by atoms with van der Waals surface area (Å²) >= 11 is 0. The van der Waals surface area contributed by atoms with E-state index in [1.54, 1.807) is 0 Å². The predicted molar refractivity (Wildman–Crippen MR) is 212 cm³/mol. The number of aromatic nitrogens is 4. The molecule has 6 aromatic carbocycles. The summed E-state index contributed by atoms with van der Waals surface area (Å²) in [5.74, 6) is 0.728. The summed E-state index contributed by atoms with van der Waals surface area (Å²) in [6.45, 7) is 0. The van der Waals surface area contributed by atoms with E-state index in [-0.39, 0.29) is 0 Å². The van der Waals surface area contributed by atoms with Crippen molar-refractivity contribution in [1.29, 1.82) is 0 Å². The van der Waals surface area contributed by atoms with Crippen LogP contribution in [0.2, 0.25) is 0 Å². The Morgan fingerprint density at radius 2 is 1.22 bits per heavy atom. The quantitative estimate of drug-likeness (QED) is 0.174. The number of hydrogen-bond acceptors (Lipinski definition) is 3. The summed E-state index contributed by atoms with van der Waals surface area (Å²) in [5, 5.41) is 5.90. The van der Waals surface area contributed by atoms with Crippen molar-refractivity contribution in [2.24, 2.45) is 0 Å². The molecule has 0 spiro atoms. The molecule has 0 radical (unpaired) electrons. The third kappa shape index (κ3) is 4.95. The van der Waals surface area contributed by atoms with Crippen LogP contribution in [0.4, 0.5) is 0 Å². The highest BCUT2D eigenvalue weighted by Crippen LogP contribution is 2.43. The van der Waals surface area contributed by atoms with Crippen LogP contribution in [-0.2, 0) is 0 Å². The van der Waals surface area contributed by atoms with Crippen molar-refractivity contribution in [1.82, 2.24) is 19.5 Å². The first kappa shape index (κ1) is 29.3. The molecule has 51 heavy (non-hydrogen) atoms. The van der Waals surface area contributed by atoms with E-state index >= 15 is 0 Å². The highest BCUT2D eigenvalue weighted by molar-refractivity contribution is 6.27. The first-order valence-corrected chi connectivity index (χ1v) is 17.5. The predicted octanol–water partition coefficient (Wildman–Crippen LogP) is 12.0. The zero-order valence-corrected chi connectivity index (χ0v) is 27.9. The maximum Gasteiger partial charge on any atom is 0.160 e. The fourth-order valence-corrected chi connectivity index (χ4v) is 7.61. The maximum absolute atomic E-state index is 5.46. The Balaban J connectivity index is 1.20. The topological polar surface area (TPSA) is 43.6 Å². The molecule has 3 heterocycles. The van der Waals surface area contributed by atoms with Crippen molar-refractivity contribution < 1.29 is 0 Å². The van der Waals surface area contributed by atoms with Crippen LogP contribution in [0.25, 0.3) is 88.6 Å². The number of allylic oxidation sites excluding steroid dienone is 4. The Labute approximate surface area is 295 Å². The number of pyridine rings is 1. The highest BCUT2D eigenvalue weighted by Gasteiger charge is 2.22. The lowest BCUT2D eigenvalue weighted by atomic mass is 9.97. The van der Waals surface area contributed by atoms with Crippen LogP contribution in [-0.4, -0.2) is 19.5 Å². The molecule has 0 saturated heterocycles. The molecule has 240 valence electrons. The number of benzene rings is 6. The van der Waals surface area contributed by atoms with Gasteiger partial charge in [0.05, 0.1) is 33.6 Å². The van der Waals surface area contributed by atoms with Crippen LogP contribution in [0.1, 0.15) is 18.5 Å². The smallest absolute Gasteiger partial charge is 0.160 e. The summed E-state index contributed by atoms with van der Waals surface area (Å²) < 4.78 is 2.42. The summed E-state index contributed by atoms with van der Waals surface area (Å²) in [5.41, 5.74) is 11.5. The number of nitrogens with zero attached hydrogens (tertiary/aromatic N) is 4. The highest BCUT2D eigenvalue weighted by atomic mass is 15.0. The molecule has 0 atom stereocenters. The normalized spacial score (nSPS) is 13.0. The van der Waals surface area contributed by atoms with Crippen LogP contribution in [0.15, 0.2) is 170 Å². The van der Waals surface area contributed by atoms with Crippen LogP contribution in [0.3, 0.4) is 0 Å². The van der Waals surface area contributed by atoms with Gasteiger partial charge in [-0.25, -0.2) is 15.0 Å². The van der Waals surface area contributed by atoms with Gasteiger partial charge in [-0.1, -0.05) is 140 Å². The second-order valence-corrected chi connectivity index (χ2v) is 13.1. The van der Waals surface area contributed by atoms with Crippen LogP contribution in [0, 0.1) is 0 Å². The zero-order valence-electron chi connectivity index (χ0n) is 27.9. The number of para-hydroxylation sites is 2. The standard InChI is InChI=1S/C47H32N4/c1-4-15-32(16-5-1)40-30-41(50-47(49-40)35-17-6-2-7-18-35)33-24-26-34(27-25-33)45-44-38-22-12-13-23-42(38)51(36-19-8-3-9-20-36)46(44)43-37-21-11-10-14-31(37)28-29-39(43)48-45/h2-4,6-30H,1,5H2. The maximum atomic E-state index is 5.46. The Hall–Kier alpha value is -6.65. The summed E-state index contributed by atoms with van der Waals surface area (Å²) in [4.78, 5) is 15.6. The lowest BCUT2D eigenvalue weighted by Crippen LogP contribution is -1.99. The van der Waals surface area contributed by atoms with E-state index < -0.39 is 0 Å². The van der Waals surface area contributed by atoms with Crippen molar-refractivity contribution in [3.8, 4) is 39.6 Å². The Morgan fingerprint density at radius 1 is 0.510 bits per heavy atom. The lowest BCUT2D eigenvalue weighted by molar-refractivity contribution is 1.03. The van der Waals surface area contributed by atoms with Crippen LogP contribution >= 0.6 is 0 Å². The molecule has 0 amide bonds. The van der Waals surface area contributed by atoms with Gasteiger partial charge >= 0.3 is 0 Å². The third-order valence-electron chi connectivity index (χ3n) is 10.0. The van der Waals surface area contributed by atoms with E-state index in [1.807, 2.05) is 18.2 Å². The van der Waals surface area contributed by atoms with Gasteiger partial charge in [0.1, 0.15) is 0 Å². The molecular weight excluding hydrogens is 621 g/mol. The molecule has 0 bridgehead atoms. The van der Waals surface area contributed by atoms with Gasteiger partial charge in [-0.2, -0.15) is 0 Å². The van der Waals surface area contributed by atoms with Crippen molar-refractivity contribution in [3.05, 3.63) is 176 Å². The van der Waals surface area contributed by atoms with Crippen molar-refractivity contribution in [2.75, 3.05) is 0 Å². The second-order valence-electron chi connectivity index (χ2n) is 13.1. The SMILES string of the molecule is C1=CC(c2cc(-c3ccc(-c4nc5ccc6ccccc6c5c5c4c4ccccc4n5-c4ccccc4)cc3)nc(-c3ccccc3)n2)=CCC1. The summed E-state index contributed by atoms with van der Waals surface area (Å²) in [7, 11) is 0. The zero-order chi connectivity index (χ0) is 33.7. The minimum Gasteiger partial charge on any atom is -0.308 e. The molecule has 4 heteroatoms. The van der Waals surface area contributed by atoms with Crippen molar-refractivity contribution in [2.45, 2.75) is 12.8 Å². The van der Waals surface area contributed by atoms with Crippen molar-refractivity contribution >= 4 is 49.1 Å². The number of fused-ring (bicyclic) bond motifs is 7. The first-order chi connectivity index (χ1) is 25.3. The van der Waals surface area contributed by atoms with E-state index in [0.717, 1.165) is 85.5 Å². The average Bonchev–Trinajstić information content (AvgIpc) is 3.56. The van der Waals surface area contributed by atoms with Crippen LogP contribution in [0.5, 0.6) is 0 Å². The second kappa shape index (κ2) is 12.0. The van der Waals surface area contributed by atoms with E-state index in [4.69, 9.17) is 15.0 Å². The van der Waals surface area contributed by atoms with Gasteiger partial charge in [0.25, 0.3) is 0 Å². The van der Waals surface area contributed by atoms with E-state index in [0.29, 0.717) is 0 Å². The van der Waals surface area contributed by atoms with Gasteiger partial charge in [0, 0.05) is 38.5 Å². The van der Waals surface area contributed by atoms with Gasteiger partial charge in [-0.3, -0.25) is 0 Å². The Kier molecular flexibility index (Phi) is 6.91. The molecule has 0 N–H and O–H groups in total. The van der Waals surface area contributed by atoms with E-state index in [9.17, 15) is 0 Å². The van der Waals surface area contributed by atoms with Gasteiger partial charge in [0.15, 0.2) is 5.82 Å². The van der Waals surface area contributed by atoms with Crippen molar-refractivity contribution in [3.63, 3.8) is 0 Å². The van der Waals surface area contributed by atoms with E-state index in [1.165, 1.54) is 21.7 Å². The molecular formula is C47H32N4. The molecule has 0 saturated carbocycles.